The van der Waals surface area contributed by atoms with Crippen molar-refractivity contribution in [1.29, 1.82) is 0 Å². The largest absolute Gasteiger partial charge is 0.453 e. The number of carbonyl (C=O) groups excluding carboxylic acids is 4. The van der Waals surface area contributed by atoms with Gasteiger partial charge in [-0.1, -0.05) is 85.8 Å². The molecule has 0 spiro atoms. The monoisotopic (exact) mass is 802 g/mol. The Morgan fingerprint density at radius 3 is 1.90 bits per heavy atom. The number of ether oxygens (including phenoxy) is 2. The number of halogens is 1. The lowest BCUT2D eigenvalue weighted by atomic mass is 9.98. The molecule has 0 aliphatic rings. The molecule has 0 unspecified atom stereocenters. The molecule has 59 heavy (non-hydrogen) atoms. The quantitative estimate of drug-likeness (QED) is 0.0797. The summed E-state index contributed by atoms with van der Waals surface area (Å²) in [5.74, 6) is 0.366. The summed E-state index contributed by atoms with van der Waals surface area (Å²) in [4.78, 5) is 68.7. The normalized spacial score (nSPS) is 12.0. The number of amides is 4. The molecule has 2 heterocycles. The second-order valence-corrected chi connectivity index (χ2v) is 14.0. The number of aromatic amines is 2. The maximum Gasteiger partial charge on any atom is 0.407 e. The number of nitrogens with zero attached hydrogens (tertiary/aromatic N) is 4. The van der Waals surface area contributed by atoms with Gasteiger partial charge in [-0.2, -0.15) is 0 Å². The SMILES string of the molecule is CCCN(Cc1ncc(-c2ccc3cc(-c4ccc(-c5cnc(CN(C[C@@H](C)F)C(=O)[C@H](NC(=O)OC)c6ccccc6)[nH]5)cc4)ccc3c2)[nH]1)C(=O)CNC(=O)OC. The predicted octanol–water partition coefficient (Wildman–Crippen LogP) is 7.17. The first kappa shape index (κ1) is 41.6. The number of hydrogen-bond donors (Lipinski definition) is 4. The van der Waals surface area contributed by atoms with Crippen molar-refractivity contribution in [3.05, 3.63) is 121 Å². The summed E-state index contributed by atoms with van der Waals surface area (Å²) in [6, 6.07) is 28.1. The fourth-order valence-corrected chi connectivity index (χ4v) is 6.70. The second-order valence-electron chi connectivity index (χ2n) is 14.0. The van der Waals surface area contributed by atoms with Gasteiger partial charge in [0.1, 0.15) is 30.4 Å². The number of carbonyl (C=O) groups is 4. The molecule has 14 nitrogen and oxygen atoms in total. The van der Waals surface area contributed by atoms with Crippen LogP contribution in [-0.4, -0.2) is 93.8 Å². The van der Waals surface area contributed by atoms with E-state index < -0.39 is 30.3 Å². The minimum atomic E-state index is -1.32. The van der Waals surface area contributed by atoms with Gasteiger partial charge in [0, 0.05) is 12.1 Å². The zero-order valence-electron chi connectivity index (χ0n) is 33.3. The third kappa shape index (κ3) is 10.7. The molecular weight excluding hydrogens is 756 g/mol. The van der Waals surface area contributed by atoms with Crippen LogP contribution in [0.5, 0.6) is 0 Å². The van der Waals surface area contributed by atoms with Crippen molar-refractivity contribution < 1.29 is 33.0 Å². The Labute approximate surface area is 341 Å². The van der Waals surface area contributed by atoms with E-state index in [1.54, 1.807) is 47.6 Å². The van der Waals surface area contributed by atoms with Crippen molar-refractivity contribution >= 4 is 34.8 Å². The van der Waals surface area contributed by atoms with Crippen molar-refractivity contribution in [2.75, 3.05) is 33.9 Å². The fraction of sp³-hybridized carbons (Fsp3) is 0.273. The molecular formula is C44H47FN8O6. The van der Waals surface area contributed by atoms with Gasteiger partial charge in [0.15, 0.2) is 0 Å². The van der Waals surface area contributed by atoms with Crippen molar-refractivity contribution in [3.63, 3.8) is 0 Å². The molecule has 306 valence electrons. The van der Waals surface area contributed by atoms with E-state index in [9.17, 15) is 23.6 Å². The van der Waals surface area contributed by atoms with E-state index in [1.165, 1.54) is 26.0 Å². The highest BCUT2D eigenvalue weighted by Crippen LogP contribution is 2.30. The summed E-state index contributed by atoms with van der Waals surface area (Å²) in [5, 5.41) is 7.12. The fourth-order valence-electron chi connectivity index (χ4n) is 6.70. The minimum absolute atomic E-state index is 0.00601. The number of alkyl carbamates (subject to hydrolysis) is 2. The molecule has 0 fully saturated rings. The lowest BCUT2D eigenvalue weighted by Gasteiger charge is -2.27. The summed E-state index contributed by atoms with van der Waals surface area (Å²) in [6.45, 7) is 3.78. The molecule has 15 heteroatoms. The first-order chi connectivity index (χ1) is 28.5. The van der Waals surface area contributed by atoms with Gasteiger partial charge in [-0.15, -0.1) is 0 Å². The van der Waals surface area contributed by atoms with Crippen molar-refractivity contribution in [3.8, 4) is 33.6 Å². The van der Waals surface area contributed by atoms with Crippen LogP contribution in [-0.2, 0) is 32.2 Å². The standard InChI is InChI=1S/C44H47FN8O6/c1-5-19-52(40(54)24-48-43(56)58-3)26-38-47-23-37(50-38)35-18-17-33-20-32(15-16-34(33)21-35)29-11-13-30(14-12-29)36-22-46-39(49-36)27-53(25-28(2)45)42(55)41(51-44(57)59-4)31-9-7-6-8-10-31/h6-18,20-23,28,41H,5,19,24-27H2,1-4H3,(H,46,49)(H,47,50)(H,48,56)(H,51,57)/t28-,41-/m1/s1. The highest BCUT2D eigenvalue weighted by molar-refractivity contribution is 5.91. The lowest BCUT2D eigenvalue weighted by molar-refractivity contribution is -0.135. The molecule has 0 bridgehead atoms. The Hall–Kier alpha value is -7.03. The van der Waals surface area contributed by atoms with Crippen LogP contribution in [0.1, 0.15) is 43.5 Å². The molecule has 0 saturated carbocycles. The van der Waals surface area contributed by atoms with E-state index in [1.807, 2.05) is 37.3 Å². The smallest absolute Gasteiger partial charge is 0.407 e. The van der Waals surface area contributed by atoms with Gasteiger partial charge in [0.25, 0.3) is 0 Å². The highest BCUT2D eigenvalue weighted by Gasteiger charge is 2.29. The predicted molar refractivity (Wildman–Crippen MR) is 221 cm³/mol. The van der Waals surface area contributed by atoms with Crippen LogP contribution in [0.2, 0.25) is 0 Å². The van der Waals surface area contributed by atoms with Gasteiger partial charge < -0.3 is 39.9 Å². The highest BCUT2D eigenvalue weighted by atomic mass is 19.1. The molecule has 0 radical (unpaired) electrons. The summed E-state index contributed by atoms with van der Waals surface area (Å²) < 4.78 is 23.7. The Bertz CT molecular complexity index is 2380. The first-order valence-corrected chi connectivity index (χ1v) is 19.2. The van der Waals surface area contributed by atoms with Gasteiger partial charge in [-0.05, 0) is 58.5 Å². The third-order valence-electron chi connectivity index (χ3n) is 9.65. The number of imidazole rings is 2. The maximum atomic E-state index is 14.4. The number of H-pyrrole nitrogens is 2. The van der Waals surface area contributed by atoms with E-state index >= 15 is 0 Å². The van der Waals surface area contributed by atoms with Crippen molar-refractivity contribution in [1.82, 2.24) is 40.4 Å². The molecule has 0 aliphatic heterocycles. The molecule has 6 rings (SSSR count). The van der Waals surface area contributed by atoms with Gasteiger partial charge >= 0.3 is 12.2 Å². The average Bonchev–Trinajstić information content (AvgIpc) is 3.94. The number of methoxy groups -OCH3 is 2. The van der Waals surface area contributed by atoms with E-state index in [0.29, 0.717) is 23.8 Å². The van der Waals surface area contributed by atoms with E-state index in [2.05, 4.69) is 65.6 Å². The van der Waals surface area contributed by atoms with Crippen LogP contribution in [0, 0.1) is 0 Å². The zero-order chi connectivity index (χ0) is 41.9. The van der Waals surface area contributed by atoms with Crippen LogP contribution < -0.4 is 10.6 Å². The van der Waals surface area contributed by atoms with Gasteiger partial charge in [0.2, 0.25) is 11.8 Å². The number of hydrogen-bond acceptors (Lipinski definition) is 8. The molecule has 2 aromatic heterocycles. The average molecular weight is 803 g/mol. The number of rotatable bonds is 16. The van der Waals surface area contributed by atoms with Crippen molar-refractivity contribution in [2.24, 2.45) is 0 Å². The van der Waals surface area contributed by atoms with Crippen LogP contribution in [0.15, 0.2) is 103 Å². The van der Waals surface area contributed by atoms with E-state index in [4.69, 9.17) is 4.74 Å². The number of alkyl halides is 1. The lowest BCUT2D eigenvalue weighted by Crippen LogP contribution is -2.44. The number of fused-ring (bicyclic) bond motifs is 1. The topological polar surface area (TPSA) is 175 Å². The van der Waals surface area contributed by atoms with Crippen LogP contribution >= 0.6 is 0 Å². The summed E-state index contributed by atoms with van der Waals surface area (Å²) in [6.07, 6.45) is 1.42. The number of nitrogens with one attached hydrogen (secondary N) is 4. The first-order valence-electron chi connectivity index (χ1n) is 19.2. The summed E-state index contributed by atoms with van der Waals surface area (Å²) in [7, 11) is 2.46. The maximum absolute atomic E-state index is 14.4. The van der Waals surface area contributed by atoms with Crippen LogP contribution in [0.3, 0.4) is 0 Å². The number of aromatic nitrogens is 4. The number of benzene rings is 4. The summed E-state index contributed by atoms with van der Waals surface area (Å²) in [5.41, 5.74) is 5.98. The minimum Gasteiger partial charge on any atom is -0.453 e. The van der Waals surface area contributed by atoms with Gasteiger partial charge in [0.05, 0.1) is 57.6 Å². The molecule has 0 aliphatic carbocycles. The molecule has 0 saturated heterocycles. The molecule has 2 atom stereocenters. The Balaban J connectivity index is 1.12. The Kier molecular flexibility index (Phi) is 13.7. The third-order valence-corrected chi connectivity index (χ3v) is 9.65. The molecule has 4 amide bonds. The van der Waals surface area contributed by atoms with Gasteiger partial charge in [-0.25, -0.2) is 23.9 Å². The van der Waals surface area contributed by atoms with Crippen LogP contribution in [0.25, 0.3) is 44.4 Å². The summed E-state index contributed by atoms with van der Waals surface area (Å²) >= 11 is 0. The molecule has 4 aromatic carbocycles. The van der Waals surface area contributed by atoms with Crippen molar-refractivity contribution in [2.45, 2.75) is 45.6 Å². The zero-order valence-corrected chi connectivity index (χ0v) is 33.3. The molecule has 6 aromatic rings. The van der Waals surface area contributed by atoms with Gasteiger partial charge in [-0.3, -0.25) is 9.59 Å². The second kappa shape index (κ2) is 19.4. The van der Waals surface area contributed by atoms with E-state index in [0.717, 1.165) is 50.8 Å². The Morgan fingerprint density at radius 2 is 1.29 bits per heavy atom. The Morgan fingerprint density at radius 1 is 0.729 bits per heavy atom. The molecule has 4 N–H and O–H groups in total. The van der Waals surface area contributed by atoms with E-state index in [-0.39, 0.29) is 32.1 Å². The van der Waals surface area contributed by atoms with Crippen LogP contribution in [0.4, 0.5) is 14.0 Å².